The third-order valence-corrected chi connectivity index (χ3v) is 5.15. The van der Waals surface area contributed by atoms with Crippen molar-refractivity contribution in [2.75, 3.05) is 13.2 Å². The van der Waals surface area contributed by atoms with Gasteiger partial charge in [0, 0.05) is 28.7 Å². The zero-order valence-corrected chi connectivity index (χ0v) is 17.0. The molecule has 150 valence electrons. The average Bonchev–Trinajstić information content (AvgIpc) is 3.36. The van der Waals surface area contributed by atoms with Gasteiger partial charge in [-0.2, -0.15) is 0 Å². The number of ketones is 1. The van der Waals surface area contributed by atoms with Gasteiger partial charge in [0.25, 0.3) is 0 Å². The Labute approximate surface area is 164 Å². The number of carbonyl (C=O) groups is 3. The minimum atomic E-state index is -0.509. The summed E-state index contributed by atoms with van der Waals surface area (Å²) in [7, 11) is 0. The van der Waals surface area contributed by atoms with Gasteiger partial charge in [0.2, 0.25) is 5.78 Å². The number of aryl methyl sites for hydroxylation is 2. The molecule has 0 unspecified atom stereocenters. The van der Waals surface area contributed by atoms with E-state index in [1.54, 1.807) is 20.8 Å². The fraction of sp³-hybridized carbons (Fsp3) is 0.476. The van der Waals surface area contributed by atoms with E-state index in [-0.39, 0.29) is 24.7 Å². The zero-order valence-electron chi connectivity index (χ0n) is 17.0. The first kappa shape index (κ1) is 19.9. The molecule has 2 aromatic heterocycles. The Bertz CT molecular complexity index is 947. The molecule has 3 rings (SSSR count). The van der Waals surface area contributed by atoms with Gasteiger partial charge in [-0.05, 0) is 59.1 Å². The number of Topliss-reactive ketones (excluding diaryl/α,β-unsaturated/α-hetero) is 1. The lowest BCUT2D eigenvalue weighted by molar-refractivity contribution is 0.0472. The molecule has 0 radical (unpaired) electrons. The number of H-pyrrole nitrogens is 1. The van der Waals surface area contributed by atoms with Crippen molar-refractivity contribution < 1.29 is 23.9 Å². The van der Waals surface area contributed by atoms with Crippen molar-refractivity contribution in [1.29, 1.82) is 0 Å². The number of esters is 2. The number of nitrogens with one attached hydrogen (secondary N) is 1. The molecule has 0 saturated heterocycles. The number of ether oxygens (including phenoxy) is 2. The summed E-state index contributed by atoms with van der Waals surface area (Å²) in [4.78, 5) is 40.0. The third-order valence-electron chi connectivity index (χ3n) is 5.15. The van der Waals surface area contributed by atoms with Gasteiger partial charge < -0.3 is 19.0 Å². The largest absolute Gasteiger partial charge is 0.461 e. The highest BCUT2D eigenvalue weighted by atomic mass is 16.5. The van der Waals surface area contributed by atoms with Crippen LogP contribution in [0.1, 0.15) is 79.7 Å². The van der Waals surface area contributed by atoms with Gasteiger partial charge in [-0.25, -0.2) is 9.59 Å². The highest BCUT2D eigenvalue weighted by molar-refractivity contribution is 6.04. The van der Waals surface area contributed by atoms with Gasteiger partial charge >= 0.3 is 11.9 Å². The highest BCUT2D eigenvalue weighted by Crippen LogP contribution is 2.38. The lowest BCUT2D eigenvalue weighted by atomic mass is 10.1. The predicted octanol–water partition coefficient (Wildman–Crippen LogP) is 3.60. The summed E-state index contributed by atoms with van der Waals surface area (Å²) in [5.74, 6) is -1.37. The normalized spacial score (nSPS) is 13.5. The molecule has 1 aliphatic rings. The summed E-state index contributed by atoms with van der Waals surface area (Å²) >= 11 is 0. The fourth-order valence-electron chi connectivity index (χ4n) is 3.74. The van der Waals surface area contributed by atoms with Crippen molar-refractivity contribution in [3.63, 3.8) is 0 Å². The Balaban J connectivity index is 1.72. The van der Waals surface area contributed by atoms with E-state index in [0.717, 1.165) is 24.2 Å². The van der Waals surface area contributed by atoms with Crippen LogP contribution in [-0.4, -0.2) is 40.5 Å². The van der Waals surface area contributed by atoms with Crippen molar-refractivity contribution in [1.82, 2.24) is 9.55 Å². The Hall–Kier alpha value is -2.83. The average molecular weight is 386 g/mol. The summed E-state index contributed by atoms with van der Waals surface area (Å²) in [6.07, 6.45) is 2.25. The van der Waals surface area contributed by atoms with E-state index in [1.807, 2.05) is 19.9 Å². The van der Waals surface area contributed by atoms with E-state index in [4.69, 9.17) is 9.47 Å². The SMILES string of the molecule is CCOC(=O)c1[nH]c(C)c(C(=O)COC(=O)c2cc(C)n(C3CC3)c2C)c1C. The third kappa shape index (κ3) is 3.61. The minimum Gasteiger partial charge on any atom is -0.461 e. The molecule has 7 heteroatoms. The van der Waals surface area contributed by atoms with Crippen LogP contribution in [0.3, 0.4) is 0 Å². The Kier molecular flexibility index (Phi) is 5.45. The van der Waals surface area contributed by atoms with Gasteiger partial charge in [-0.15, -0.1) is 0 Å². The minimum absolute atomic E-state index is 0.247. The summed E-state index contributed by atoms with van der Waals surface area (Å²) < 4.78 is 12.4. The molecular formula is C21H26N2O5. The lowest BCUT2D eigenvalue weighted by Gasteiger charge is -2.08. The molecule has 0 amide bonds. The maximum absolute atomic E-state index is 12.6. The molecule has 0 aliphatic heterocycles. The lowest BCUT2D eigenvalue weighted by Crippen LogP contribution is -2.16. The molecular weight excluding hydrogens is 360 g/mol. The smallest absolute Gasteiger partial charge is 0.355 e. The predicted molar refractivity (Wildman–Crippen MR) is 103 cm³/mol. The summed E-state index contributed by atoms with van der Waals surface area (Å²) in [6, 6.07) is 2.28. The number of hydrogen-bond donors (Lipinski definition) is 1. The van der Waals surface area contributed by atoms with Crippen molar-refractivity contribution in [3.05, 3.63) is 45.5 Å². The summed E-state index contributed by atoms with van der Waals surface area (Å²) in [5.41, 5.74) is 4.05. The molecule has 0 spiro atoms. The second kappa shape index (κ2) is 7.66. The van der Waals surface area contributed by atoms with Crippen LogP contribution >= 0.6 is 0 Å². The van der Waals surface area contributed by atoms with Crippen molar-refractivity contribution in [2.24, 2.45) is 0 Å². The number of aromatic amines is 1. The Morgan fingerprint density at radius 3 is 2.39 bits per heavy atom. The maximum atomic E-state index is 12.6. The van der Waals surface area contributed by atoms with Crippen LogP contribution in [0.2, 0.25) is 0 Å². The molecule has 2 aromatic rings. The number of aromatic nitrogens is 2. The van der Waals surface area contributed by atoms with Crippen LogP contribution in [0.15, 0.2) is 6.07 Å². The molecule has 1 fully saturated rings. The van der Waals surface area contributed by atoms with Crippen LogP contribution < -0.4 is 0 Å². The molecule has 0 aromatic carbocycles. The fourth-order valence-corrected chi connectivity index (χ4v) is 3.74. The summed E-state index contributed by atoms with van der Waals surface area (Å²) in [5, 5.41) is 0. The number of hydrogen-bond acceptors (Lipinski definition) is 5. The number of rotatable bonds is 7. The van der Waals surface area contributed by atoms with E-state index in [9.17, 15) is 14.4 Å². The first-order chi connectivity index (χ1) is 13.3. The van der Waals surface area contributed by atoms with E-state index in [1.165, 1.54) is 0 Å². The molecule has 1 saturated carbocycles. The van der Waals surface area contributed by atoms with Gasteiger partial charge in [0.15, 0.2) is 6.61 Å². The second-order valence-corrected chi connectivity index (χ2v) is 7.23. The first-order valence-corrected chi connectivity index (χ1v) is 9.51. The van der Waals surface area contributed by atoms with Gasteiger partial charge in [0.05, 0.1) is 12.2 Å². The van der Waals surface area contributed by atoms with Crippen molar-refractivity contribution in [2.45, 2.75) is 53.5 Å². The molecule has 0 bridgehead atoms. The second-order valence-electron chi connectivity index (χ2n) is 7.23. The Morgan fingerprint density at radius 1 is 1.11 bits per heavy atom. The van der Waals surface area contributed by atoms with Gasteiger partial charge in [-0.1, -0.05) is 0 Å². The zero-order chi connectivity index (χ0) is 20.6. The van der Waals surface area contributed by atoms with Crippen molar-refractivity contribution >= 4 is 17.7 Å². The first-order valence-electron chi connectivity index (χ1n) is 9.51. The Morgan fingerprint density at radius 2 is 1.79 bits per heavy atom. The van der Waals surface area contributed by atoms with Crippen LogP contribution in [0.4, 0.5) is 0 Å². The van der Waals surface area contributed by atoms with Gasteiger partial charge in [-0.3, -0.25) is 4.79 Å². The van der Waals surface area contributed by atoms with E-state index in [0.29, 0.717) is 28.4 Å². The molecule has 28 heavy (non-hydrogen) atoms. The van der Waals surface area contributed by atoms with E-state index >= 15 is 0 Å². The number of nitrogens with zero attached hydrogens (tertiary/aromatic N) is 1. The van der Waals surface area contributed by atoms with Crippen LogP contribution in [0, 0.1) is 27.7 Å². The molecule has 1 N–H and O–H groups in total. The standard InChI is InChI=1S/C21H26N2O5/c1-6-27-21(26)19-12(3)18(13(4)22-19)17(24)10-28-20(25)16-9-11(2)23(14(16)5)15-7-8-15/h9,15,22H,6-8,10H2,1-5H3. The van der Waals surface area contributed by atoms with E-state index in [2.05, 4.69) is 9.55 Å². The van der Waals surface area contributed by atoms with Crippen LogP contribution in [-0.2, 0) is 9.47 Å². The molecule has 1 aliphatic carbocycles. The van der Waals surface area contributed by atoms with Crippen LogP contribution in [0.5, 0.6) is 0 Å². The maximum Gasteiger partial charge on any atom is 0.355 e. The highest BCUT2D eigenvalue weighted by Gasteiger charge is 2.29. The molecule has 0 atom stereocenters. The monoisotopic (exact) mass is 386 g/mol. The quantitative estimate of drug-likeness (QED) is 0.580. The topological polar surface area (TPSA) is 90.4 Å². The summed E-state index contributed by atoms with van der Waals surface area (Å²) in [6.45, 7) is 8.83. The molecule has 2 heterocycles. The molecule has 7 nitrogen and oxygen atoms in total. The van der Waals surface area contributed by atoms with E-state index < -0.39 is 11.9 Å². The van der Waals surface area contributed by atoms with Gasteiger partial charge in [0.1, 0.15) is 5.69 Å². The van der Waals surface area contributed by atoms with Crippen LogP contribution in [0.25, 0.3) is 0 Å². The number of carbonyl (C=O) groups excluding carboxylic acids is 3. The van der Waals surface area contributed by atoms with Crippen molar-refractivity contribution in [3.8, 4) is 0 Å².